The second-order valence-electron chi connectivity index (χ2n) is 9.71. The number of carbonyl (C=O) groups is 1. The Balaban J connectivity index is 1.44. The van der Waals surface area contributed by atoms with Gasteiger partial charge in [-0.1, -0.05) is 11.6 Å². The summed E-state index contributed by atoms with van der Waals surface area (Å²) in [7, 11) is 2.13. The van der Waals surface area contributed by atoms with E-state index in [2.05, 4.69) is 43.0 Å². The lowest BCUT2D eigenvalue weighted by atomic mass is 10.1. The number of benzene rings is 1. The molecule has 1 aliphatic rings. The summed E-state index contributed by atoms with van der Waals surface area (Å²) in [6.45, 7) is 7.26. The molecular formula is C24H30ClFN8O2. The normalized spacial score (nSPS) is 14.9. The SMILES string of the molecule is CN1CCC(n2cc(Nc3ncc(Cl)c(Nc4ccc(F)c(NC(=O)OC(C)(C)C)c4)n3)cn2)CC1. The van der Waals surface area contributed by atoms with Gasteiger partial charge in [0.15, 0.2) is 5.82 Å². The predicted molar refractivity (Wildman–Crippen MR) is 138 cm³/mol. The number of hydrogen-bond donors (Lipinski definition) is 3. The van der Waals surface area contributed by atoms with Gasteiger partial charge in [0.1, 0.15) is 16.4 Å². The van der Waals surface area contributed by atoms with Crippen LogP contribution < -0.4 is 16.0 Å². The molecule has 0 radical (unpaired) electrons. The molecule has 36 heavy (non-hydrogen) atoms. The largest absolute Gasteiger partial charge is 0.444 e. The van der Waals surface area contributed by atoms with Gasteiger partial charge in [0, 0.05) is 11.9 Å². The van der Waals surface area contributed by atoms with Crippen molar-refractivity contribution in [1.82, 2.24) is 24.6 Å². The van der Waals surface area contributed by atoms with Crippen molar-refractivity contribution in [2.24, 2.45) is 0 Å². The maximum Gasteiger partial charge on any atom is 0.412 e. The molecule has 0 atom stereocenters. The van der Waals surface area contributed by atoms with Gasteiger partial charge in [0.25, 0.3) is 0 Å². The van der Waals surface area contributed by atoms with Crippen molar-refractivity contribution in [3.05, 3.63) is 47.6 Å². The number of likely N-dealkylation sites (tertiary alicyclic amines) is 1. The molecular weight excluding hydrogens is 487 g/mol. The zero-order valence-corrected chi connectivity index (χ0v) is 21.4. The molecule has 4 rings (SSSR count). The average Bonchev–Trinajstić information content (AvgIpc) is 3.26. The fourth-order valence-corrected chi connectivity index (χ4v) is 3.89. The Hall–Kier alpha value is -3.44. The Morgan fingerprint density at radius 1 is 1.17 bits per heavy atom. The first kappa shape index (κ1) is 25.6. The van der Waals surface area contributed by atoms with Crippen LogP contribution in [0.3, 0.4) is 0 Å². The van der Waals surface area contributed by atoms with Crippen molar-refractivity contribution < 1.29 is 13.9 Å². The third-order valence-corrected chi connectivity index (χ3v) is 5.81. The van der Waals surface area contributed by atoms with Crippen molar-refractivity contribution in [3.63, 3.8) is 0 Å². The molecule has 1 saturated heterocycles. The Bertz CT molecular complexity index is 1220. The number of nitrogens with one attached hydrogen (secondary N) is 3. The van der Waals surface area contributed by atoms with Gasteiger partial charge in [0.05, 0.1) is 29.8 Å². The summed E-state index contributed by atoms with van der Waals surface area (Å²) in [5.41, 5.74) is 0.466. The standard InChI is InChI=1S/C24H30ClFN8O2/c1-24(2,3)36-23(35)31-20-11-15(5-6-19(20)26)29-21-18(25)13-27-22(32-21)30-16-12-28-34(14-16)17-7-9-33(4)10-8-17/h5-6,11-14,17H,7-10H2,1-4H3,(H,31,35)(H2,27,29,30,32). The topological polar surface area (TPSA) is 109 Å². The van der Waals surface area contributed by atoms with Gasteiger partial charge in [-0.05, 0) is 71.9 Å². The monoisotopic (exact) mass is 516 g/mol. The van der Waals surface area contributed by atoms with Gasteiger partial charge in [0.2, 0.25) is 5.95 Å². The number of amides is 1. The van der Waals surface area contributed by atoms with Gasteiger partial charge >= 0.3 is 6.09 Å². The molecule has 192 valence electrons. The average molecular weight is 517 g/mol. The van der Waals surface area contributed by atoms with Crippen LogP contribution in [-0.2, 0) is 4.74 Å². The van der Waals surface area contributed by atoms with Crippen LogP contribution in [0.4, 0.5) is 38.0 Å². The van der Waals surface area contributed by atoms with E-state index >= 15 is 0 Å². The minimum absolute atomic E-state index is 0.0425. The maximum atomic E-state index is 14.3. The van der Waals surface area contributed by atoms with E-state index < -0.39 is 17.5 Å². The Morgan fingerprint density at radius 2 is 1.92 bits per heavy atom. The number of aromatic nitrogens is 4. The van der Waals surface area contributed by atoms with Crippen LogP contribution in [0.15, 0.2) is 36.8 Å². The van der Waals surface area contributed by atoms with Gasteiger partial charge in [-0.3, -0.25) is 10.00 Å². The van der Waals surface area contributed by atoms with E-state index in [0.717, 1.165) is 31.6 Å². The molecule has 12 heteroatoms. The zero-order valence-electron chi connectivity index (χ0n) is 20.7. The third-order valence-electron chi connectivity index (χ3n) is 5.53. The fourth-order valence-electron chi connectivity index (χ4n) is 3.75. The molecule has 3 heterocycles. The van der Waals surface area contributed by atoms with Crippen LogP contribution in [0.2, 0.25) is 5.02 Å². The lowest BCUT2D eigenvalue weighted by Gasteiger charge is -2.28. The van der Waals surface area contributed by atoms with E-state index in [0.29, 0.717) is 23.5 Å². The highest BCUT2D eigenvalue weighted by Crippen LogP contribution is 2.28. The zero-order chi connectivity index (χ0) is 25.9. The first-order valence-electron chi connectivity index (χ1n) is 11.6. The first-order chi connectivity index (χ1) is 17.1. The van der Waals surface area contributed by atoms with Gasteiger partial charge in [-0.2, -0.15) is 10.1 Å². The fraction of sp³-hybridized carbons (Fsp3) is 0.417. The minimum Gasteiger partial charge on any atom is -0.444 e. The number of carbonyl (C=O) groups excluding carboxylic acids is 1. The van der Waals surface area contributed by atoms with Crippen LogP contribution >= 0.6 is 11.6 Å². The molecule has 0 bridgehead atoms. The number of rotatable bonds is 6. The summed E-state index contributed by atoms with van der Waals surface area (Å²) in [6.07, 6.45) is 6.47. The molecule has 10 nitrogen and oxygen atoms in total. The van der Waals surface area contributed by atoms with Crippen molar-refractivity contribution >= 4 is 46.5 Å². The van der Waals surface area contributed by atoms with E-state index in [4.69, 9.17) is 16.3 Å². The summed E-state index contributed by atoms with van der Waals surface area (Å²) in [5, 5.41) is 13.4. The van der Waals surface area contributed by atoms with Crippen molar-refractivity contribution in [1.29, 1.82) is 0 Å². The van der Waals surface area contributed by atoms with Crippen molar-refractivity contribution in [3.8, 4) is 0 Å². The molecule has 0 unspecified atom stereocenters. The quantitative estimate of drug-likeness (QED) is 0.390. The van der Waals surface area contributed by atoms with E-state index in [9.17, 15) is 9.18 Å². The summed E-state index contributed by atoms with van der Waals surface area (Å²) in [4.78, 5) is 23.1. The van der Waals surface area contributed by atoms with E-state index in [1.54, 1.807) is 27.0 Å². The molecule has 1 aliphatic heterocycles. The first-order valence-corrected chi connectivity index (χ1v) is 12.0. The highest BCUT2D eigenvalue weighted by molar-refractivity contribution is 6.32. The molecule has 3 N–H and O–H groups in total. The molecule has 0 spiro atoms. The summed E-state index contributed by atoms with van der Waals surface area (Å²) in [5.74, 6) is 0.0231. The van der Waals surface area contributed by atoms with E-state index in [-0.39, 0.29) is 10.7 Å². The number of ether oxygens (including phenoxy) is 1. The second-order valence-corrected chi connectivity index (χ2v) is 10.1. The molecule has 2 aromatic heterocycles. The van der Waals surface area contributed by atoms with Crippen molar-refractivity contribution in [2.45, 2.75) is 45.3 Å². The Kier molecular flexibility index (Phi) is 7.60. The van der Waals surface area contributed by atoms with Gasteiger partial charge < -0.3 is 20.3 Å². The van der Waals surface area contributed by atoms with Gasteiger partial charge in [-0.25, -0.2) is 14.2 Å². The smallest absolute Gasteiger partial charge is 0.412 e. The summed E-state index contributed by atoms with van der Waals surface area (Å²) in [6, 6.07) is 4.52. The molecule has 3 aromatic rings. The van der Waals surface area contributed by atoms with Crippen LogP contribution in [0.5, 0.6) is 0 Å². The van der Waals surface area contributed by atoms with Crippen LogP contribution in [-0.4, -0.2) is 56.5 Å². The Labute approximate surface area is 214 Å². The third kappa shape index (κ3) is 6.82. The van der Waals surface area contributed by atoms with Crippen LogP contribution in [0.25, 0.3) is 0 Å². The number of halogens is 2. The second kappa shape index (κ2) is 10.7. The number of nitrogens with zero attached hydrogens (tertiary/aromatic N) is 5. The van der Waals surface area contributed by atoms with E-state index in [1.807, 2.05) is 10.9 Å². The Morgan fingerprint density at radius 3 is 2.64 bits per heavy atom. The number of piperidine rings is 1. The highest BCUT2D eigenvalue weighted by Gasteiger charge is 2.20. The van der Waals surface area contributed by atoms with E-state index in [1.165, 1.54) is 24.4 Å². The lowest BCUT2D eigenvalue weighted by Crippen LogP contribution is -2.31. The van der Waals surface area contributed by atoms with Crippen LogP contribution in [0, 0.1) is 5.82 Å². The van der Waals surface area contributed by atoms with Crippen LogP contribution in [0.1, 0.15) is 39.7 Å². The molecule has 1 amide bonds. The molecule has 0 saturated carbocycles. The molecule has 1 aromatic carbocycles. The summed E-state index contributed by atoms with van der Waals surface area (Å²) < 4.78 is 21.4. The molecule has 0 aliphatic carbocycles. The number of hydrogen-bond acceptors (Lipinski definition) is 8. The molecule has 1 fully saturated rings. The lowest BCUT2D eigenvalue weighted by molar-refractivity contribution is 0.0635. The van der Waals surface area contributed by atoms with Gasteiger partial charge in [-0.15, -0.1) is 0 Å². The summed E-state index contributed by atoms with van der Waals surface area (Å²) >= 11 is 6.30. The maximum absolute atomic E-state index is 14.3. The van der Waals surface area contributed by atoms with Crippen molar-refractivity contribution in [2.75, 3.05) is 36.1 Å². The highest BCUT2D eigenvalue weighted by atomic mass is 35.5. The minimum atomic E-state index is -0.758. The predicted octanol–water partition coefficient (Wildman–Crippen LogP) is 5.57. The number of anilines is 5.